The summed E-state index contributed by atoms with van der Waals surface area (Å²) in [4.78, 5) is 13.0. The van der Waals surface area contributed by atoms with Crippen molar-refractivity contribution in [2.75, 3.05) is 13.2 Å². The lowest BCUT2D eigenvalue weighted by atomic mass is 9.83. The molecule has 1 atom stereocenters. The molecular weight excluding hydrogens is 622 g/mol. The molecule has 45 heavy (non-hydrogen) atoms. The van der Waals surface area contributed by atoms with Gasteiger partial charge in [-0.15, -0.1) is 0 Å². The zero-order valence-corrected chi connectivity index (χ0v) is 25.7. The number of allylic oxidation sites excluding steroid dienone is 1. The number of nitrogens with two attached hydrogens (primary N) is 1. The molecule has 0 radical (unpaired) electrons. The van der Waals surface area contributed by atoms with Crippen LogP contribution in [0, 0.1) is 17.1 Å². The van der Waals surface area contributed by atoms with Crippen LogP contribution in [-0.4, -0.2) is 19.2 Å². The second-order valence-corrected chi connectivity index (χ2v) is 10.5. The summed E-state index contributed by atoms with van der Waals surface area (Å²) in [5.74, 6) is -0.255. The Morgan fingerprint density at radius 1 is 0.956 bits per heavy atom. The molecule has 4 aromatic rings. The number of hydrogen-bond acceptors (Lipinski definition) is 8. The number of hydrogen-bond donors (Lipinski definition) is 1. The van der Waals surface area contributed by atoms with Crippen LogP contribution in [0.4, 0.5) is 4.39 Å². The van der Waals surface area contributed by atoms with E-state index in [4.69, 9.17) is 52.6 Å². The molecule has 5 rings (SSSR count). The van der Waals surface area contributed by atoms with Crippen molar-refractivity contribution in [3.8, 4) is 34.8 Å². The predicted molar refractivity (Wildman–Crippen MR) is 167 cm³/mol. The van der Waals surface area contributed by atoms with Gasteiger partial charge in [0.05, 0.1) is 34.7 Å². The van der Waals surface area contributed by atoms with E-state index in [-0.39, 0.29) is 51.0 Å². The normalized spacial score (nSPS) is 13.7. The molecule has 2 N–H and O–H groups in total. The van der Waals surface area contributed by atoms with Gasteiger partial charge >= 0.3 is 5.97 Å². The standard InChI is InChI=1S/C34H27Cl2FN2O6/c1-3-41-30-15-19(9-12-28(30)43-18-20-7-5-6-8-27(20)37)31-23-11-10-22(16-29(23)45-33(39)24(31)17-38)44-34(40)21-13-25(35)32(42-4-2)26(36)14-21/h5-16,31H,3-4,18,39H2,1-2H3. The number of nitrogens with zero attached hydrogens (tertiary/aromatic N) is 1. The lowest BCUT2D eigenvalue weighted by molar-refractivity contribution is 0.0734. The largest absolute Gasteiger partial charge is 0.491 e. The van der Waals surface area contributed by atoms with Crippen molar-refractivity contribution in [1.29, 1.82) is 5.26 Å². The van der Waals surface area contributed by atoms with Gasteiger partial charge in [-0.1, -0.05) is 53.5 Å². The first-order chi connectivity index (χ1) is 21.7. The van der Waals surface area contributed by atoms with E-state index in [0.29, 0.717) is 47.2 Å². The Kier molecular flexibility index (Phi) is 9.67. The molecule has 0 bridgehead atoms. The van der Waals surface area contributed by atoms with E-state index in [0.717, 1.165) is 0 Å². The molecule has 0 spiro atoms. The van der Waals surface area contributed by atoms with E-state index in [9.17, 15) is 14.4 Å². The average molecular weight is 650 g/mol. The Morgan fingerprint density at radius 3 is 2.38 bits per heavy atom. The first-order valence-electron chi connectivity index (χ1n) is 13.9. The lowest BCUT2D eigenvalue weighted by Gasteiger charge is -2.27. The molecule has 1 unspecified atom stereocenters. The summed E-state index contributed by atoms with van der Waals surface area (Å²) < 4.78 is 42.7. The molecule has 1 heterocycles. The van der Waals surface area contributed by atoms with Crippen molar-refractivity contribution in [3.05, 3.63) is 122 Å². The summed E-state index contributed by atoms with van der Waals surface area (Å²) in [7, 11) is 0. The first kappa shape index (κ1) is 31.5. The molecule has 0 saturated carbocycles. The number of esters is 1. The first-order valence-corrected chi connectivity index (χ1v) is 14.7. The number of carbonyl (C=O) groups excluding carboxylic acids is 1. The van der Waals surface area contributed by atoms with E-state index in [2.05, 4.69) is 6.07 Å². The van der Waals surface area contributed by atoms with E-state index >= 15 is 0 Å². The van der Waals surface area contributed by atoms with E-state index < -0.39 is 11.9 Å². The number of halogens is 3. The summed E-state index contributed by atoms with van der Waals surface area (Å²) in [6.07, 6.45) is 0. The fourth-order valence-electron chi connectivity index (χ4n) is 4.83. The van der Waals surface area contributed by atoms with Gasteiger partial charge in [0.15, 0.2) is 17.2 Å². The molecule has 0 saturated heterocycles. The fourth-order valence-corrected chi connectivity index (χ4v) is 5.43. The number of benzene rings is 4. The van der Waals surface area contributed by atoms with Gasteiger partial charge in [-0.25, -0.2) is 9.18 Å². The van der Waals surface area contributed by atoms with Crippen LogP contribution in [0.2, 0.25) is 10.0 Å². The summed E-state index contributed by atoms with van der Waals surface area (Å²) in [5.41, 5.74) is 8.18. The van der Waals surface area contributed by atoms with Crippen LogP contribution in [0.1, 0.15) is 46.8 Å². The van der Waals surface area contributed by atoms with E-state index in [1.165, 1.54) is 24.3 Å². The van der Waals surface area contributed by atoms with Crippen molar-refractivity contribution in [3.63, 3.8) is 0 Å². The van der Waals surface area contributed by atoms with Gasteiger partial charge in [-0.2, -0.15) is 5.26 Å². The minimum atomic E-state index is -0.706. The minimum Gasteiger partial charge on any atom is -0.491 e. The number of rotatable bonds is 10. The summed E-state index contributed by atoms with van der Waals surface area (Å²) in [6, 6.07) is 21.3. The molecular formula is C34H27Cl2FN2O6. The highest BCUT2D eigenvalue weighted by molar-refractivity contribution is 6.37. The number of fused-ring (bicyclic) bond motifs is 1. The highest BCUT2D eigenvalue weighted by Gasteiger charge is 2.32. The third kappa shape index (κ3) is 6.78. The van der Waals surface area contributed by atoms with Gasteiger partial charge in [-0.3, -0.25) is 0 Å². The van der Waals surface area contributed by atoms with E-state index in [1.807, 2.05) is 6.92 Å². The molecule has 0 aromatic heterocycles. The van der Waals surface area contributed by atoms with Crippen molar-refractivity contribution in [2.45, 2.75) is 26.4 Å². The molecule has 1 aliphatic heterocycles. The minimum absolute atomic E-state index is 0.000930. The second kappa shape index (κ2) is 13.8. The van der Waals surface area contributed by atoms with Gasteiger partial charge in [-0.05, 0) is 55.8 Å². The third-order valence-electron chi connectivity index (χ3n) is 6.87. The number of carbonyl (C=O) groups is 1. The molecule has 0 amide bonds. The van der Waals surface area contributed by atoms with Gasteiger partial charge in [0, 0.05) is 17.2 Å². The van der Waals surface area contributed by atoms with Crippen molar-refractivity contribution in [2.24, 2.45) is 5.73 Å². The Labute approximate surface area is 269 Å². The zero-order valence-electron chi connectivity index (χ0n) is 24.2. The van der Waals surface area contributed by atoms with Crippen LogP contribution in [0.3, 0.4) is 0 Å². The topological polar surface area (TPSA) is 113 Å². The fraction of sp³-hybridized carbons (Fsp3) is 0.176. The number of nitriles is 1. The van der Waals surface area contributed by atoms with Gasteiger partial charge in [0.1, 0.15) is 35.6 Å². The van der Waals surface area contributed by atoms with Crippen molar-refractivity contribution < 1.29 is 32.9 Å². The molecule has 0 fully saturated rings. The molecule has 4 aromatic carbocycles. The van der Waals surface area contributed by atoms with E-state index in [1.54, 1.807) is 55.5 Å². The van der Waals surface area contributed by atoms with Crippen LogP contribution >= 0.6 is 23.2 Å². The van der Waals surface area contributed by atoms with Crippen LogP contribution in [0.15, 0.2) is 84.3 Å². The van der Waals surface area contributed by atoms with Crippen LogP contribution < -0.4 is 29.4 Å². The van der Waals surface area contributed by atoms with Gasteiger partial charge in [0.25, 0.3) is 0 Å². The molecule has 0 aliphatic carbocycles. The average Bonchev–Trinajstić information content (AvgIpc) is 3.02. The molecule has 8 nitrogen and oxygen atoms in total. The lowest BCUT2D eigenvalue weighted by Crippen LogP contribution is -2.21. The molecule has 230 valence electrons. The summed E-state index contributed by atoms with van der Waals surface area (Å²) >= 11 is 12.5. The van der Waals surface area contributed by atoms with Crippen molar-refractivity contribution >= 4 is 29.2 Å². The summed E-state index contributed by atoms with van der Waals surface area (Å²) in [6.45, 7) is 4.31. The zero-order chi connectivity index (χ0) is 32.1. The highest BCUT2D eigenvalue weighted by Crippen LogP contribution is 2.45. The Morgan fingerprint density at radius 2 is 1.69 bits per heavy atom. The molecule has 11 heteroatoms. The maximum absolute atomic E-state index is 14.2. The Hall–Kier alpha value is -4.91. The Balaban J connectivity index is 1.43. The van der Waals surface area contributed by atoms with Gasteiger partial charge in [0.2, 0.25) is 5.88 Å². The quantitative estimate of drug-likeness (QED) is 0.136. The monoisotopic (exact) mass is 648 g/mol. The number of ether oxygens (including phenoxy) is 5. The van der Waals surface area contributed by atoms with Crippen LogP contribution in [0.25, 0.3) is 0 Å². The maximum Gasteiger partial charge on any atom is 0.343 e. The van der Waals surface area contributed by atoms with Crippen LogP contribution in [0.5, 0.6) is 28.7 Å². The molecule has 1 aliphatic rings. The second-order valence-electron chi connectivity index (χ2n) is 9.74. The Bertz CT molecular complexity index is 1820. The van der Waals surface area contributed by atoms with Crippen molar-refractivity contribution in [1.82, 2.24) is 0 Å². The third-order valence-corrected chi connectivity index (χ3v) is 7.43. The van der Waals surface area contributed by atoms with Crippen LogP contribution in [-0.2, 0) is 6.61 Å². The maximum atomic E-state index is 14.2. The highest BCUT2D eigenvalue weighted by atomic mass is 35.5. The SMILES string of the molecule is CCOc1cc(C2C(C#N)=C(N)Oc3cc(OC(=O)c4cc(Cl)c(OCC)c(Cl)c4)ccc32)ccc1OCc1ccccc1F. The smallest absolute Gasteiger partial charge is 0.343 e. The predicted octanol–water partition coefficient (Wildman–Crippen LogP) is 7.95. The summed E-state index contributed by atoms with van der Waals surface area (Å²) in [5, 5.41) is 10.4. The van der Waals surface area contributed by atoms with Gasteiger partial charge < -0.3 is 29.4 Å².